The van der Waals surface area contributed by atoms with Gasteiger partial charge in [-0.05, 0) is 19.1 Å². The maximum atomic E-state index is 10.7. The Morgan fingerprint density at radius 1 is 1.45 bits per heavy atom. The minimum atomic E-state index is -0.784. The van der Waals surface area contributed by atoms with Gasteiger partial charge in [0.2, 0.25) is 0 Å². The smallest absolute Gasteiger partial charge is 0.290 e. The summed E-state index contributed by atoms with van der Waals surface area (Å²) in [4.78, 5) is 14.2. The zero-order valence-electron chi connectivity index (χ0n) is 12.3. The number of nitro groups is 1. The number of pyridine rings is 1. The molecule has 1 atom stereocenters. The van der Waals surface area contributed by atoms with Crippen molar-refractivity contribution in [2.24, 2.45) is 0 Å². The molecule has 2 rings (SSSR count). The van der Waals surface area contributed by atoms with Crippen LogP contribution in [0.15, 0.2) is 36.5 Å². The molecule has 7 heteroatoms. The molecule has 0 fully saturated rings. The number of aromatic nitrogens is 1. The van der Waals surface area contributed by atoms with Gasteiger partial charge < -0.3 is 15.2 Å². The molecule has 1 aromatic heterocycles. The Labute approximate surface area is 127 Å². The van der Waals surface area contributed by atoms with Crippen molar-refractivity contribution in [1.29, 1.82) is 0 Å². The standard InChI is InChI=1S/C15H17N3O4/c1-10-7-15(16-8-12(10)18(20)21)17-9-13(19)11-5-3-4-6-14(11)22-2/h3-8,13,19H,9H2,1-2H3,(H,16,17). The van der Waals surface area contributed by atoms with Crippen LogP contribution < -0.4 is 10.1 Å². The average molecular weight is 303 g/mol. The van der Waals surface area contributed by atoms with Gasteiger partial charge in [0, 0.05) is 17.7 Å². The van der Waals surface area contributed by atoms with Gasteiger partial charge in [0.25, 0.3) is 5.69 Å². The summed E-state index contributed by atoms with van der Waals surface area (Å²) in [5, 5.41) is 23.9. The lowest BCUT2D eigenvalue weighted by atomic mass is 10.1. The Morgan fingerprint density at radius 2 is 2.18 bits per heavy atom. The monoisotopic (exact) mass is 303 g/mol. The predicted octanol–water partition coefficient (Wildman–Crippen LogP) is 2.45. The van der Waals surface area contributed by atoms with Crippen LogP contribution in [0, 0.1) is 17.0 Å². The third-order valence-corrected chi connectivity index (χ3v) is 3.25. The van der Waals surface area contributed by atoms with Crippen LogP contribution in [0.4, 0.5) is 11.5 Å². The highest BCUT2D eigenvalue weighted by Gasteiger charge is 2.14. The molecule has 7 nitrogen and oxygen atoms in total. The molecular formula is C15H17N3O4. The van der Waals surface area contributed by atoms with E-state index in [0.717, 1.165) is 0 Å². The van der Waals surface area contributed by atoms with E-state index < -0.39 is 11.0 Å². The largest absolute Gasteiger partial charge is 0.496 e. The van der Waals surface area contributed by atoms with Crippen LogP contribution in [0.5, 0.6) is 5.75 Å². The number of rotatable bonds is 6. The van der Waals surface area contributed by atoms with Gasteiger partial charge in [-0.2, -0.15) is 0 Å². The highest BCUT2D eigenvalue weighted by atomic mass is 16.6. The van der Waals surface area contributed by atoms with Crippen molar-refractivity contribution in [3.63, 3.8) is 0 Å². The lowest BCUT2D eigenvalue weighted by Crippen LogP contribution is -2.14. The van der Waals surface area contributed by atoms with Gasteiger partial charge >= 0.3 is 0 Å². The number of benzene rings is 1. The molecule has 1 heterocycles. The maximum absolute atomic E-state index is 10.7. The second-order valence-electron chi connectivity index (χ2n) is 4.75. The van der Waals surface area contributed by atoms with Crippen LogP contribution in [-0.4, -0.2) is 28.7 Å². The number of para-hydroxylation sites is 1. The minimum absolute atomic E-state index is 0.0316. The van der Waals surface area contributed by atoms with Crippen molar-refractivity contribution >= 4 is 11.5 Å². The third-order valence-electron chi connectivity index (χ3n) is 3.25. The molecule has 0 aliphatic rings. The van der Waals surface area contributed by atoms with E-state index in [1.165, 1.54) is 6.20 Å². The number of aliphatic hydroxyl groups excluding tert-OH is 1. The molecule has 0 radical (unpaired) electrons. The van der Waals surface area contributed by atoms with Gasteiger partial charge in [-0.3, -0.25) is 10.1 Å². The van der Waals surface area contributed by atoms with Crippen LogP contribution in [0.2, 0.25) is 0 Å². The van der Waals surface area contributed by atoms with E-state index in [2.05, 4.69) is 10.3 Å². The average Bonchev–Trinajstić information content (AvgIpc) is 2.52. The van der Waals surface area contributed by atoms with Crippen molar-refractivity contribution in [2.45, 2.75) is 13.0 Å². The molecule has 1 aromatic carbocycles. The Morgan fingerprint density at radius 3 is 2.82 bits per heavy atom. The van der Waals surface area contributed by atoms with Crippen molar-refractivity contribution < 1.29 is 14.8 Å². The van der Waals surface area contributed by atoms with Crippen molar-refractivity contribution in [3.05, 3.63) is 57.8 Å². The fraction of sp³-hybridized carbons (Fsp3) is 0.267. The normalized spacial score (nSPS) is 11.8. The van der Waals surface area contributed by atoms with Crippen LogP contribution >= 0.6 is 0 Å². The first-order chi connectivity index (χ1) is 10.5. The Bertz CT molecular complexity index is 676. The number of nitrogens with zero attached hydrogens (tertiary/aromatic N) is 2. The molecular weight excluding hydrogens is 286 g/mol. The second-order valence-corrected chi connectivity index (χ2v) is 4.75. The quantitative estimate of drug-likeness (QED) is 0.628. The van der Waals surface area contributed by atoms with E-state index in [4.69, 9.17) is 4.74 Å². The molecule has 2 N–H and O–H groups in total. The molecule has 0 saturated heterocycles. The van der Waals surface area contributed by atoms with Crippen LogP contribution in [-0.2, 0) is 0 Å². The fourth-order valence-electron chi connectivity index (χ4n) is 2.09. The van der Waals surface area contributed by atoms with E-state index in [-0.39, 0.29) is 12.2 Å². The maximum Gasteiger partial charge on any atom is 0.290 e. The fourth-order valence-corrected chi connectivity index (χ4v) is 2.09. The number of ether oxygens (including phenoxy) is 1. The Kier molecular flexibility index (Phi) is 4.90. The summed E-state index contributed by atoms with van der Waals surface area (Å²) in [6.45, 7) is 1.85. The summed E-state index contributed by atoms with van der Waals surface area (Å²) in [6.07, 6.45) is 0.418. The summed E-state index contributed by atoms with van der Waals surface area (Å²) in [5.41, 5.74) is 1.14. The van der Waals surface area contributed by atoms with Gasteiger partial charge in [0.15, 0.2) is 0 Å². The Balaban J connectivity index is 2.06. The molecule has 2 aromatic rings. The van der Waals surface area contributed by atoms with Crippen LogP contribution in [0.3, 0.4) is 0 Å². The first-order valence-corrected chi connectivity index (χ1v) is 6.68. The summed E-state index contributed by atoms with van der Waals surface area (Å²) in [6, 6.07) is 8.76. The predicted molar refractivity (Wildman–Crippen MR) is 82.1 cm³/mol. The van der Waals surface area contributed by atoms with E-state index in [1.54, 1.807) is 32.2 Å². The van der Waals surface area contributed by atoms with E-state index in [0.29, 0.717) is 22.7 Å². The van der Waals surface area contributed by atoms with Crippen molar-refractivity contribution in [1.82, 2.24) is 4.98 Å². The van der Waals surface area contributed by atoms with Crippen molar-refractivity contribution in [3.8, 4) is 5.75 Å². The number of anilines is 1. The third kappa shape index (κ3) is 3.50. The van der Waals surface area contributed by atoms with E-state index >= 15 is 0 Å². The summed E-state index contributed by atoms with van der Waals surface area (Å²) < 4.78 is 5.20. The molecule has 0 bridgehead atoms. The molecule has 0 spiro atoms. The molecule has 0 amide bonds. The molecule has 0 aliphatic carbocycles. The van der Waals surface area contributed by atoms with Gasteiger partial charge in [0.1, 0.15) is 17.8 Å². The zero-order chi connectivity index (χ0) is 16.1. The summed E-state index contributed by atoms with van der Waals surface area (Å²) in [7, 11) is 1.54. The van der Waals surface area contributed by atoms with Gasteiger partial charge in [-0.15, -0.1) is 0 Å². The molecule has 116 valence electrons. The van der Waals surface area contributed by atoms with E-state index in [9.17, 15) is 15.2 Å². The van der Waals surface area contributed by atoms with Gasteiger partial charge in [-0.25, -0.2) is 4.98 Å². The number of hydrogen-bond acceptors (Lipinski definition) is 6. The minimum Gasteiger partial charge on any atom is -0.496 e. The Hall–Kier alpha value is -2.67. The highest BCUT2D eigenvalue weighted by Crippen LogP contribution is 2.25. The van der Waals surface area contributed by atoms with Crippen LogP contribution in [0.1, 0.15) is 17.2 Å². The number of methoxy groups -OCH3 is 1. The molecule has 1 unspecified atom stereocenters. The first-order valence-electron chi connectivity index (χ1n) is 6.68. The zero-order valence-corrected chi connectivity index (χ0v) is 12.3. The first kappa shape index (κ1) is 15.7. The van der Waals surface area contributed by atoms with Crippen molar-refractivity contribution in [2.75, 3.05) is 19.0 Å². The molecule has 22 heavy (non-hydrogen) atoms. The SMILES string of the molecule is COc1ccccc1C(O)CNc1cc(C)c([N+](=O)[O-])cn1. The number of nitrogens with one attached hydrogen (secondary N) is 1. The van der Waals surface area contributed by atoms with Crippen LogP contribution in [0.25, 0.3) is 0 Å². The van der Waals surface area contributed by atoms with Gasteiger partial charge in [0.05, 0.1) is 18.1 Å². The summed E-state index contributed by atoms with van der Waals surface area (Å²) >= 11 is 0. The van der Waals surface area contributed by atoms with Gasteiger partial charge in [-0.1, -0.05) is 18.2 Å². The molecule has 0 saturated carbocycles. The highest BCUT2D eigenvalue weighted by molar-refractivity contribution is 5.47. The lowest BCUT2D eigenvalue weighted by molar-refractivity contribution is -0.385. The lowest BCUT2D eigenvalue weighted by Gasteiger charge is -2.15. The number of hydrogen-bond donors (Lipinski definition) is 2. The van der Waals surface area contributed by atoms with E-state index in [1.807, 2.05) is 12.1 Å². The summed E-state index contributed by atoms with van der Waals surface area (Å²) in [5.74, 6) is 1.07. The topological polar surface area (TPSA) is 97.5 Å². The number of aryl methyl sites for hydroxylation is 1. The number of aliphatic hydroxyl groups is 1. The second kappa shape index (κ2) is 6.86. The molecule has 0 aliphatic heterocycles.